The molecule has 2 aromatic rings. The number of nitrogens with one attached hydrogen (secondary N) is 2. The van der Waals surface area contributed by atoms with E-state index in [9.17, 15) is 4.79 Å². The number of aromatic nitrogens is 2. The average molecular weight is 333 g/mol. The first kappa shape index (κ1) is 16.0. The van der Waals surface area contributed by atoms with E-state index in [4.69, 9.17) is 11.6 Å². The summed E-state index contributed by atoms with van der Waals surface area (Å²) < 4.78 is 1.74. The van der Waals surface area contributed by atoms with Gasteiger partial charge in [-0.3, -0.25) is 4.79 Å². The molecule has 23 heavy (non-hydrogen) atoms. The van der Waals surface area contributed by atoms with Crippen molar-refractivity contribution in [1.82, 2.24) is 20.4 Å². The maximum absolute atomic E-state index is 12.5. The Balaban J connectivity index is 1.77. The van der Waals surface area contributed by atoms with Crippen molar-refractivity contribution in [1.29, 1.82) is 0 Å². The predicted molar refractivity (Wildman–Crippen MR) is 91.3 cm³/mol. The van der Waals surface area contributed by atoms with E-state index in [1.54, 1.807) is 10.9 Å². The van der Waals surface area contributed by atoms with E-state index in [0.717, 1.165) is 30.8 Å². The van der Waals surface area contributed by atoms with E-state index in [-0.39, 0.29) is 11.9 Å². The summed E-state index contributed by atoms with van der Waals surface area (Å²) in [7, 11) is 0. The zero-order chi connectivity index (χ0) is 16.4. The number of hydrogen-bond donors (Lipinski definition) is 2. The second-order valence-electron chi connectivity index (χ2n) is 6.09. The Morgan fingerprint density at radius 3 is 3.04 bits per heavy atom. The van der Waals surface area contributed by atoms with Gasteiger partial charge in [0.2, 0.25) is 0 Å². The second-order valence-corrected chi connectivity index (χ2v) is 6.52. The van der Waals surface area contributed by atoms with Gasteiger partial charge in [0.25, 0.3) is 5.91 Å². The Hall–Kier alpha value is -1.85. The molecule has 1 aromatic heterocycles. The summed E-state index contributed by atoms with van der Waals surface area (Å²) in [6.45, 7) is 4.97. The number of hydrogen-bond acceptors (Lipinski definition) is 3. The van der Waals surface area contributed by atoms with Gasteiger partial charge in [0.05, 0.1) is 23.1 Å². The van der Waals surface area contributed by atoms with Gasteiger partial charge in [0, 0.05) is 17.1 Å². The normalized spacial score (nSPS) is 21.2. The lowest BCUT2D eigenvalue weighted by molar-refractivity contribution is 0.0925. The summed E-state index contributed by atoms with van der Waals surface area (Å²) in [5.74, 6) is -0.0603. The number of halogens is 1. The lowest BCUT2D eigenvalue weighted by Gasteiger charge is -2.28. The molecule has 3 rings (SSSR count). The molecule has 2 heterocycles. The topological polar surface area (TPSA) is 59.0 Å². The van der Waals surface area contributed by atoms with Gasteiger partial charge in [-0.2, -0.15) is 5.10 Å². The molecule has 1 aliphatic heterocycles. The Bertz CT molecular complexity index is 712. The van der Waals surface area contributed by atoms with Crippen molar-refractivity contribution in [2.24, 2.45) is 0 Å². The van der Waals surface area contributed by atoms with Crippen molar-refractivity contribution in [2.45, 2.75) is 38.8 Å². The highest BCUT2D eigenvalue weighted by Gasteiger charge is 2.22. The van der Waals surface area contributed by atoms with Crippen molar-refractivity contribution in [3.63, 3.8) is 0 Å². The largest absolute Gasteiger partial charge is 0.349 e. The molecule has 2 unspecified atom stereocenters. The molecule has 0 radical (unpaired) electrons. The molecular formula is C17H21ClN4O. The van der Waals surface area contributed by atoms with Crippen LogP contribution in [-0.2, 0) is 0 Å². The molecule has 0 bridgehead atoms. The molecule has 6 heteroatoms. The first-order valence-corrected chi connectivity index (χ1v) is 8.27. The highest BCUT2D eigenvalue weighted by molar-refractivity contribution is 6.30. The van der Waals surface area contributed by atoms with Crippen molar-refractivity contribution >= 4 is 17.5 Å². The molecule has 5 nitrogen and oxygen atoms in total. The van der Waals surface area contributed by atoms with Gasteiger partial charge >= 0.3 is 0 Å². The van der Waals surface area contributed by atoms with Crippen LogP contribution in [0.15, 0.2) is 30.5 Å². The van der Waals surface area contributed by atoms with Crippen molar-refractivity contribution in [3.05, 3.63) is 46.7 Å². The smallest absolute Gasteiger partial charge is 0.254 e. The Labute approximate surface area is 141 Å². The number of benzene rings is 1. The molecule has 1 amide bonds. The maximum atomic E-state index is 12.5. The van der Waals surface area contributed by atoms with Gasteiger partial charge in [0.15, 0.2) is 0 Å². The van der Waals surface area contributed by atoms with Gasteiger partial charge in [-0.15, -0.1) is 0 Å². The molecule has 0 spiro atoms. The molecule has 2 atom stereocenters. The van der Waals surface area contributed by atoms with Crippen molar-refractivity contribution in [2.75, 3.05) is 6.54 Å². The zero-order valence-electron chi connectivity index (χ0n) is 13.3. The van der Waals surface area contributed by atoms with Gasteiger partial charge in [-0.05, 0) is 51.4 Å². The van der Waals surface area contributed by atoms with Crippen LogP contribution in [0, 0.1) is 6.92 Å². The van der Waals surface area contributed by atoms with Crippen LogP contribution in [0.1, 0.15) is 35.8 Å². The highest BCUT2D eigenvalue weighted by Crippen LogP contribution is 2.18. The molecule has 2 N–H and O–H groups in total. The van der Waals surface area contributed by atoms with E-state index in [2.05, 4.69) is 22.7 Å². The summed E-state index contributed by atoms with van der Waals surface area (Å²) in [6, 6.07) is 8.09. The Morgan fingerprint density at radius 2 is 2.30 bits per heavy atom. The average Bonchev–Trinajstić information content (AvgIpc) is 2.89. The zero-order valence-corrected chi connectivity index (χ0v) is 14.1. The number of nitrogens with zero attached hydrogens (tertiary/aromatic N) is 2. The Morgan fingerprint density at radius 1 is 1.48 bits per heavy atom. The number of amides is 1. The van der Waals surface area contributed by atoms with E-state index in [0.29, 0.717) is 16.6 Å². The monoisotopic (exact) mass is 332 g/mol. The molecule has 1 aliphatic rings. The SMILES string of the molecule is Cc1c(C(=O)NC2CCNC(C)C2)cnn1-c1cccc(Cl)c1. The summed E-state index contributed by atoms with van der Waals surface area (Å²) >= 11 is 6.03. The fourth-order valence-electron chi connectivity index (χ4n) is 3.03. The van der Waals surface area contributed by atoms with Crippen LogP contribution in [0.3, 0.4) is 0 Å². The molecular weight excluding hydrogens is 312 g/mol. The quantitative estimate of drug-likeness (QED) is 0.908. The van der Waals surface area contributed by atoms with Crippen LogP contribution < -0.4 is 10.6 Å². The molecule has 1 aromatic carbocycles. The van der Waals surface area contributed by atoms with Crippen molar-refractivity contribution < 1.29 is 4.79 Å². The Kier molecular flexibility index (Phi) is 4.68. The fourth-order valence-corrected chi connectivity index (χ4v) is 3.21. The number of rotatable bonds is 3. The van der Waals surface area contributed by atoms with Crippen LogP contribution in [-0.4, -0.2) is 34.3 Å². The van der Waals surface area contributed by atoms with Gasteiger partial charge in [-0.1, -0.05) is 17.7 Å². The van der Waals surface area contributed by atoms with Crippen molar-refractivity contribution in [3.8, 4) is 5.69 Å². The van der Waals surface area contributed by atoms with Gasteiger partial charge in [-0.25, -0.2) is 4.68 Å². The first-order chi connectivity index (χ1) is 11.0. The summed E-state index contributed by atoms with van der Waals surface area (Å²) in [6.07, 6.45) is 3.53. The molecule has 0 aliphatic carbocycles. The molecule has 0 saturated carbocycles. The lowest BCUT2D eigenvalue weighted by Crippen LogP contribution is -2.46. The number of carbonyl (C=O) groups excluding carboxylic acids is 1. The van der Waals surface area contributed by atoms with Gasteiger partial charge in [0.1, 0.15) is 0 Å². The van der Waals surface area contributed by atoms with Crippen LogP contribution in [0.5, 0.6) is 0 Å². The minimum absolute atomic E-state index is 0.0603. The highest BCUT2D eigenvalue weighted by atomic mass is 35.5. The third kappa shape index (κ3) is 3.57. The number of piperidine rings is 1. The molecule has 1 fully saturated rings. The third-order valence-electron chi connectivity index (χ3n) is 4.27. The van der Waals surface area contributed by atoms with Crippen LogP contribution in [0.4, 0.5) is 0 Å². The maximum Gasteiger partial charge on any atom is 0.254 e. The van der Waals surface area contributed by atoms with Gasteiger partial charge < -0.3 is 10.6 Å². The van der Waals surface area contributed by atoms with E-state index in [1.807, 2.05) is 31.2 Å². The standard InChI is InChI=1S/C17H21ClN4O/c1-11-8-14(6-7-19-11)21-17(23)16-10-20-22(12(16)2)15-5-3-4-13(18)9-15/h3-5,9-11,14,19H,6-8H2,1-2H3,(H,21,23). The van der Waals surface area contributed by atoms with Crippen LogP contribution >= 0.6 is 11.6 Å². The van der Waals surface area contributed by atoms with E-state index >= 15 is 0 Å². The minimum Gasteiger partial charge on any atom is -0.349 e. The molecule has 122 valence electrons. The number of carbonyl (C=O) groups is 1. The van der Waals surface area contributed by atoms with Crippen LogP contribution in [0.25, 0.3) is 5.69 Å². The summed E-state index contributed by atoms with van der Waals surface area (Å²) in [5, 5.41) is 11.5. The predicted octanol–water partition coefficient (Wildman–Crippen LogP) is 2.70. The summed E-state index contributed by atoms with van der Waals surface area (Å²) in [4.78, 5) is 12.5. The molecule has 1 saturated heterocycles. The van der Waals surface area contributed by atoms with E-state index in [1.165, 1.54) is 0 Å². The lowest BCUT2D eigenvalue weighted by atomic mass is 10.0. The minimum atomic E-state index is -0.0603. The third-order valence-corrected chi connectivity index (χ3v) is 4.50. The second kappa shape index (κ2) is 6.72. The van der Waals surface area contributed by atoms with E-state index < -0.39 is 0 Å². The van der Waals surface area contributed by atoms with Crippen LogP contribution in [0.2, 0.25) is 5.02 Å². The summed E-state index contributed by atoms with van der Waals surface area (Å²) in [5.41, 5.74) is 2.27. The first-order valence-electron chi connectivity index (χ1n) is 7.89. The fraction of sp³-hybridized carbons (Fsp3) is 0.412.